The number of benzene rings is 2. The van der Waals surface area contributed by atoms with Crippen molar-refractivity contribution in [1.29, 1.82) is 0 Å². The Labute approximate surface area is 206 Å². The molecule has 2 aliphatic rings. The third-order valence-electron chi connectivity index (χ3n) is 7.03. The number of carbonyl (C=O) groups is 1. The fourth-order valence-corrected chi connectivity index (χ4v) is 4.64. The molecular formula is C29H32N2O4. The number of fused-ring (bicyclic) bond motifs is 1. The minimum Gasteiger partial charge on any atom is -0.493 e. The minimum absolute atomic E-state index is 0.315. The minimum atomic E-state index is -0.315. The van der Waals surface area contributed by atoms with Gasteiger partial charge in [0.25, 0.3) is 0 Å². The van der Waals surface area contributed by atoms with Crippen LogP contribution in [-0.4, -0.2) is 38.3 Å². The van der Waals surface area contributed by atoms with E-state index in [0.717, 1.165) is 60.2 Å². The van der Waals surface area contributed by atoms with Crippen molar-refractivity contribution in [3.05, 3.63) is 77.6 Å². The number of hydrogen-bond donors (Lipinski definition) is 0. The number of nitrogens with zero attached hydrogens (tertiary/aromatic N) is 2. The Morgan fingerprint density at radius 2 is 1.89 bits per heavy atom. The van der Waals surface area contributed by atoms with E-state index in [4.69, 9.17) is 14.2 Å². The van der Waals surface area contributed by atoms with E-state index in [0.29, 0.717) is 18.1 Å². The average molecular weight is 473 g/mol. The Kier molecular flexibility index (Phi) is 6.89. The van der Waals surface area contributed by atoms with E-state index in [1.54, 1.807) is 18.5 Å². The number of pyridine rings is 1. The van der Waals surface area contributed by atoms with Gasteiger partial charge >= 0.3 is 5.97 Å². The molecule has 6 nitrogen and oxygen atoms in total. The first-order chi connectivity index (χ1) is 17.1. The van der Waals surface area contributed by atoms with Crippen LogP contribution in [0.4, 0.5) is 11.4 Å². The highest BCUT2D eigenvalue weighted by atomic mass is 16.5. The Morgan fingerprint density at radius 1 is 1.09 bits per heavy atom. The largest absolute Gasteiger partial charge is 0.493 e. The van der Waals surface area contributed by atoms with Crippen LogP contribution in [0.3, 0.4) is 0 Å². The molecule has 1 aliphatic carbocycles. The lowest BCUT2D eigenvalue weighted by atomic mass is 9.87. The number of methoxy groups -OCH3 is 1. The summed E-state index contributed by atoms with van der Waals surface area (Å²) in [6.45, 7) is 1.51. The zero-order chi connectivity index (χ0) is 24.2. The highest BCUT2D eigenvalue weighted by Gasteiger charge is 2.24. The molecule has 0 bridgehead atoms. The molecule has 1 fully saturated rings. The second-order valence-corrected chi connectivity index (χ2v) is 9.43. The fourth-order valence-electron chi connectivity index (χ4n) is 4.64. The van der Waals surface area contributed by atoms with Crippen LogP contribution >= 0.6 is 0 Å². The quantitative estimate of drug-likeness (QED) is 0.360. The Bertz CT molecular complexity index is 1170. The monoisotopic (exact) mass is 472 g/mol. The smallest absolute Gasteiger partial charge is 0.338 e. The highest BCUT2D eigenvalue weighted by molar-refractivity contribution is 5.90. The zero-order valence-corrected chi connectivity index (χ0v) is 20.4. The first-order valence-electron chi connectivity index (χ1n) is 12.4. The van der Waals surface area contributed by atoms with Crippen LogP contribution in [0.1, 0.15) is 53.1 Å². The number of anilines is 2. The second kappa shape index (κ2) is 10.4. The Morgan fingerprint density at radius 3 is 2.66 bits per heavy atom. The topological polar surface area (TPSA) is 60.9 Å². The van der Waals surface area contributed by atoms with E-state index in [9.17, 15) is 4.79 Å². The maximum absolute atomic E-state index is 12.1. The Balaban J connectivity index is 1.26. The standard InChI is InChI=1S/C29H32N2O4/c1-31(23-7-10-25(11-8-23)35-19-20-3-4-20)24-9-12-26-21(14-16-34-28(26)17-24)5-6-22-18-30-15-13-27(22)29(32)33-2/h7-13,15,17-18,20-21H,3-6,14,16,19H2,1-2H3/t21-/m1/s1. The molecule has 1 atom stereocenters. The van der Waals surface area contributed by atoms with Gasteiger partial charge in [-0.3, -0.25) is 4.98 Å². The number of hydrogen-bond acceptors (Lipinski definition) is 6. The van der Waals surface area contributed by atoms with Crippen LogP contribution in [-0.2, 0) is 11.2 Å². The van der Waals surface area contributed by atoms with Gasteiger partial charge in [-0.25, -0.2) is 4.79 Å². The van der Waals surface area contributed by atoms with E-state index >= 15 is 0 Å². The molecule has 1 aromatic heterocycles. The van der Waals surface area contributed by atoms with Gasteiger partial charge in [-0.05, 0) is 91.5 Å². The summed E-state index contributed by atoms with van der Waals surface area (Å²) in [5.41, 5.74) is 4.92. The first kappa shape index (κ1) is 23.2. The summed E-state index contributed by atoms with van der Waals surface area (Å²) in [5.74, 6) is 2.66. The van der Waals surface area contributed by atoms with Gasteiger partial charge in [-0.1, -0.05) is 6.07 Å². The van der Waals surface area contributed by atoms with Crippen molar-refractivity contribution in [2.45, 2.75) is 38.0 Å². The summed E-state index contributed by atoms with van der Waals surface area (Å²) in [6, 6.07) is 16.5. The predicted molar refractivity (Wildman–Crippen MR) is 136 cm³/mol. The molecular weight excluding hydrogens is 440 g/mol. The van der Waals surface area contributed by atoms with Crippen molar-refractivity contribution in [3.8, 4) is 11.5 Å². The van der Waals surface area contributed by atoms with Crippen molar-refractivity contribution in [2.75, 3.05) is 32.3 Å². The maximum atomic E-state index is 12.1. The lowest BCUT2D eigenvalue weighted by Crippen LogP contribution is -2.17. The van der Waals surface area contributed by atoms with E-state index in [-0.39, 0.29) is 5.97 Å². The van der Waals surface area contributed by atoms with E-state index in [1.807, 2.05) is 12.1 Å². The van der Waals surface area contributed by atoms with Gasteiger partial charge in [-0.2, -0.15) is 0 Å². The summed E-state index contributed by atoms with van der Waals surface area (Å²) >= 11 is 0. The molecule has 0 spiro atoms. The van der Waals surface area contributed by atoms with Gasteiger partial charge in [0.05, 0.1) is 25.9 Å². The van der Waals surface area contributed by atoms with Gasteiger partial charge in [-0.15, -0.1) is 0 Å². The lowest BCUT2D eigenvalue weighted by Gasteiger charge is -2.28. The molecule has 35 heavy (non-hydrogen) atoms. The van der Waals surface area contributed by atoms with Gasteiger partial charge < -0.3 is 19.1 Å². The molecule has 2 aromatic carbocycles. The molecule has 5 rings (SSSR count). The summed E-state index contributed by atoms with van der Waals surface area (Å²) in [5, 5.41) is 0. The molecule has 0 radical (unpaired) electrons. The summed E-state index contributed by atoms with van der Waals surface area (Å²) in [4.78, 5) is 18.5. The van der Waals surface area contributed by atoms with Crippen LogP contribution in [0.25, 0.3) is 0 Å². The van der Waals surface area contributed by atoms with Crippen LogP contribution in [0.2, 0.25) is 0 Å². The van der Waals surface area contributed by atoms with E-state index in [1.165, 1.54) is 25.5 Å². The second-order valence-electron chi connectivity index (χ2n) is 9.43. The third kappa shape index (κ3) is 5.42. The van der Waals surface area contributed by atoms with Gasteiger partial charge in [0.1, 0.15) is 11.5 Å². The fraction of sp³-hybridized carbons (Fsp3) is 0.379. The van der Waals surface area contributed by atoms with Crippen LogP contribution < -0.4 is 14.4 Å². The van der Waals surface area contributed by atoms with Crippen LogP contribution in [0.15, 0.2) is 60.9 Å². The number of aryl methyl sites for hydroxylation is 1. The number of carbonyl (C=O) groups excluding carboxylic acids is 1. The van der Waals surface area contributed by atoms with Crippen molar-refractivity contribution < 1.29 is 19.0 Å². The molecule has 6 heteroatoms. The molecule has 1 aliphatic heterocycles. The van der Waals surface area contributed by atoms with Crippen LogP contribution in [0, 0.1) is 5.92 Å². The zero-order valence-electron chi connectivity index (χ0n) is 20.4. The average Bonchev–Trinajstić information content (AvgIpc) is 3.74. The normalized spacial score (nSPS) is 16.7. The molecule has 0 amide bonds. The number of ether oxygens (including phenoxy) is 3. The molecule has 3 aromatic rings. The van der Waals surface area contributed by atoms with Gasteiger partial charge in [0.2, 0.25) is 0 Å². The predicted octanol–water partition coefficient (Wildman–Crippen LogP) is 5.92. The number of esters is 1. The van der Waals surface area contributed by atoms with E-state index in [2.05, 4.69) is 47.3 Å². The van der Waals surface area contributed by atoms with Crippen LogP contribution in [0.5, 0.6) is 11.5 Å². The van der Waals surface area contributed by atoms with Gasteiger partial charge in [0.15, 0.2) is 0 Å². The van der Waals surface area contributed by atoms with Crippen molar-refractivity contribution >= 4 is 17.3 Å². The summed E-state index contributed by atoms with van der Waals surface area (Å²) in [7, 11) is 3.48. The van der Waals surface area contributed by atoms with E-state index < -0.39 is 0 Å². The van der Waals surface area contributed by atoms with Gasteiger partial charge in [0, 0.05) is 36.9 Å². The summed E-state index contributed by atoms with van der Waals surface area (Å²) in [6.07, 6.45) is 8.63. The Hall–Kier alpha value is -3.54. The van der Waals surface area contributed by atoms with Crippen molar-refractivity contribution in [2.24, 2.45) is 5.92 Å². The number of aromatic nitrogens is 1. The number of rotatable bonds is 9. The molecule has 0 unspecified atom stereocenters. The molecule has 182 valence electrons. The lowest BCUT2D eigenvalue weighted by molar-refractivity contribution is 0.0599. The maximum Gasteiger partial charge on any atom is 0.338 e. The molecule has 1 saturated carbocycles. The molecule has 0 saturated heterocycles. The van der Waals surface area contributed by atoms with Crippen molar-refractivity contribution in [3.63, 3.8) is 0 Å². The summed E-state index contributed by atoms with van der Waals surface area (Å²) < 4.78 is 16.9. The third-order valence-corrected chi connectivity index (χ3v) is 7.03. The highest BCUT2D eigenvalue weighted by Crippen LogP contribution is 2.40. The van der Waals surface area contributed by atoms with Crippen molar-refractivity contribution in [1.82, 2.24) is 4.98 Å². The molecule has 2 heterocycles. The SMILES string of the molecule is COC(=O)c1ccncc1CC[C@@H]1CCOc2cc(N(C)c3ccc(OCC4CC4)cc3)ccc21. The molecule has 0 N–H and O–H groups in total. The first-order valence-corrected chi connectivity index (χ1v) is 12.4.